The summed E-state index contributed by atoms with van der Waals surface area (Å²) in [4.78, 5) is 2.34. The molecule has 0 amide bonds. The molecule has 2 rings (SSSR count). The number of fused-ring (bicyclic) bond motifs is 1. The number of hydrogen-bond donors (Lipinski definition) is 1. The van der Waals surface area contributed by atoms with E-state index in [1.165, 1.54) is 0 Å². The highest BCUT2D eigenvalue weighted by Crippen LogP contribution is 2.37. The van der Waals surface area contributed by atoms with Crippen molar-refractivity contribution in [3.8, 4) is 0 Å². The Kier molecular flexibility index (Phi) is 2.55. The maximum Gasteiger partial charge on any atom is 0.0794 e. The summed E-state index contributed by atoms with van der Waals surface area (Å²) in [5, 5.41) is 4.23. The Balaban J connectivity index is 2.49. The zero-order valence-electron chi connectivity index (χ0n) is 8.55. The molecule has 2 nitrogen and oxygen atoms in total. The topological polar surface area (TPSA) is 15.3 Å². The van der Waals surface area contributed by atoms with Gasteiger partial charge in [0.2, 0.25) is 0 Å². The van der Waals surface area contributed by atoms with Gasteiger partial charge < -0.3 is 10.2 Å². The Bertz CT molecular complexity index is 338. The molecular formula is C11H15ClN2. The van der Waals surface area contributed by atoms with Gasteiger partial charge in [0, 0.05) is 19.1 Å². The number of nitrogens with zero attached hydrogens (tertiary/aromatic N) is 1. The van der Waals surface area contributed by atoms with Crippen LogP contribution < -0.4 is 10.2 Å². The Hall–Kier alpha value is -0.890. The first-order valence-corrected chi connectivity index (χ1v) is 5.41. The first-order valence-electron chi connectivity index (χ1n) is 5.03. The van der Waals surface area contributed by atoms with Crippen LogP contribution >= 0.6 is 11.6 Å². The van der Waals surface area contributed by atoms with E-state index in [0.29, 0.717) is 6.04 Å². The monoisotopic (exact) mass is 210 g/mol. The Morgan fingerprint density at radius 3 is 3.07 bits per heavy atom. The van der Waals surface area contributed by atoms with Crippen molar-refractivity contribution in [2.24, 2.45) is 0 Å². The normalized spacial score (nSPS) is 20.2. The number of nitrogens with one attached hydrogen (secondary N) is 1. The highest BCUT2D eigenvalue weighted by Gasteiger charge is 2.23. The van der Waals surface area contributed by atoms with Crippen LogP contribution in [0.3, 0.4) is 0 Å². The predicted octanol–water partition coefficient (Wildman–Crippen LogP) is 2.98. The van der Waals surface area contributed by atoms with Gasteiger partial charge in [0.1, 0.15) is 0 Å². The van der Waals surface area contributed by atoms with E-state index in [2.05, 4.69) is 30.1 Å². The summed E-state index contributed by atoms with van der Waals surface area (Å²) in [5.74, 6) is 0. The molecule has 1 aromatic rings. The van der Waals surface area contributed by atoms with Gasteiger partial charge in [-0.25, -0.2) is 0 Å². The van der Waals surface area contributed by atoms with Crippen LogP contribution in [0.5, 0.6) is 0 Å². The molecule has 3 heteroatoms. The molecule has 1 atom stereocenters. The lowest BCUT2D eigenvalue weighted by Crippen LogP contribution is -2.42. The van der Waals surface area contributed by atoms with Gasteiger partial charge in [-0.3, -0.25) is 0 Å². The van der Waals surface area contributed by atoms with Crippen molar-refractivity contribution >= 4 is 23.0 Å². The Morgan fingerprint density at radius 1 is 1.57 bits per heavy atom. The molecule has 0 spiro atoms. The molecule has 0 aliphatic carbocycles. The minimum atomic E-state index is 0.507. The van der Waals surface area contributed by atoms with Gasteiger partial charge >= 0.3 is 0 Å². The van der Waals surface area contributed by atoms with Crippen molar-refractivity contribution in [3.05, 3.63) is 23.2 Å². The highest BCUT2D eigenvalue weighted by molar-refractivity contribution is 6.34. The van der Waals surface area contributed by atoms with Gasteiger partial charge in [0.15, 0.2) is 0 Å². The van der Waals surface area contributed by atoms with Crippen molar-refractivity contribution in [3.63, 3.8) is 0 Å². The van der Waals surface area contributed by atoms with Crippen molar-refractivity contribution in [1.29, 1.82) is 0 Å². The molecule has 1 aromatic carbocycles. The zero-order chi connectivity index (χ0) is 10.1. The van der Waals surface area contributed by atoms with Crippen LogP contribution in [-0.2, 0) is 0 Å². The van der Waals surface area contributed by atoms with Crippen molar-refractivity contribution in [2.45, 2.75) is 19.9 Å². The molecule has 0 saturated heterocycles. The number of hydrogen-bond acceptors (Lipinski definition) is 2. The molecule has 1 unspecified atom stereocenters. The Labute approximate surface area is 89.9 Å². The molecular weight excluding hydrogens is 196 g/mol. The number of benzene rings is 1. The summed E-state index contributed by atoms with van der Waals surface area (Å²) in [5.41, 5.74) is 2.30. The molecule has 1 N–H and O–H groups in total. The summed E-state index contributed by atoms with van der Waals surface area (Å²) < 4.78 is 0. The second-order valence-corrected chi connectivity index (χ2v) is 4.06. The lowest BCUT2D eigenvalue weighted by molar-refractivity contribution is 0.659. The van der Waals surface area contributed by atoms with Crippen LogP contribution in [0.25, 0.3) is 0 Å². The lowest BCUT2D eigenvalue weighted by Gasteiger charge is -2.37. The van der Waals surface area contributed by atoms with Gasteiger partial charge in [-0.05, 0) is 26.0 Å². The number of rotatable bonds is 1. The maximum atomic E-state index is 6.20. The third-order valence-electron chi connectivity index (χ3n) is 2.73. The van der Waals surface area contributed by atoms with Gasteiger partial charge in [0.05, 0.1) is 16.4 Å². The number of para-hydroxylation sites is 1. The fourth-order valence-corrected chi connectivity index (χ4v) is 2.29. The minimum Gasteiger partial charge on any atom is -0.381 e. The first-order chi connectivity index (χ1) is 6.74. The van der Waals surface area contributed by atoms with Crippen LogP contribution in [-0.4, -0.2) is 19.1 Å². The number of halogens is 1. The fraction of sp³-hybridized carbons (Fsp3) is 0.455. The van der Waals surface area contributed by atoms with Gasteiger partial charge in [-0.15, -0.1) is 0 Å². The summed E-state index contributed by atoms with van der Waals surface area (Å²) >= 11 is 6.20. The van der Waals surface area contributed by atoms with Crippen molar-refractivity contribution < 1.29 is 0 Å². The third kappa shape index (κ3) is 1.44. The van der Waals surface area contributed by atoms with E-state index in [0.717, 1.165) is 29.5 Å². The SMILES string of the molecule is CCN1c2c(Cl)cccc2NCC1C. The van der Waals surface area contributed by atoms with Crippen LogP contribution in [0.15, 0.2) is 18.2 Å². The van der Waals surface area contributed by atoms with E-state index < -0.39 is 0 Å². The molecule has 1 heterocycles. The van der Waals surface area contributed by atoms with E-state index in [1.54, 1.807) is 0 Å². The van der Waals surface area contributed by atoms with Crippen LogP contribution in [0, 0.1) is 0 Å². The predicted molar refractivity (Wildman–Crippen MR) is 62.4 cm³/mol. The molecule has 0 radical (unpaired) electrons. The third-order valence-corrected chi connectivity index (χ3v) is 3.04. The fourth-order valence-electron chi connectivity index (χ4n) is 2.01. The molecule has 0 bridgehead atoms. The van der Waals surface area contributed by atoms with Crippen molar-refractivity contribution in [1.82, 2.24) is 0 Å². The quantitative estimate of drug-likeness (QED) is 0.767. The van der Waals surface area contributed by atoms with Gasteiger partial charge in [-0.1, -0.05) is 17.7 Å². The highest BCUT2D eigenvalue weighted by atomic mass is 35.5. The second-order valence-electron chi connectivity index (χ2n) is 3.65. The largest absolute Gasteiger partial charge is 0.381 e. The lowest BCUT2D eigenvalue weighted by atomic mass is 10.1. The van der Waals surface area contributed by atoms with Gasteiger partial charge in [-0.2, -0.15) is 0 Å². The van der Waals surface area contributed by atoms with Crippen LogP contribution in [0.1, 0.15) is 13.8 Å². The molecule has 14 heavy (non-hydrogen) atoms. The summed E-state index contributed by atoms with van der Waals surface area (Å²) in [6, 6.07) is 6.52. The maximum absolute atomic E-state index is 6.20. The number of likely N-dealkylation sites (N-methyl/N-ethyl adjacent to an activating group) is 1. The zero-order valence-corrected chi connectivity index (χ0v) is 9.30. The van der Waals surface area contributed by atoms with E-state index in [4.69, 9.17) is 11.6 Å². The average molecular weight is 211 g/mol. The van der Waals surface area contributed by atoms with Gasteiger partial charge in [0.25, 0.3) is 0 Å². The van der Waals surface area contributed by atoms with E-state index in [1.807, 2.05) is 12.1 Å². The van der Waals surface area contributed by atoms with E-state index in [9.17, 15) is 0 Å². The molecule has 0 fully saturated rings. The first kappa shape index (κ1) is 9.66. The molecule has 1 aliphatic rings. The van der Waals surface area contributed by atoms with Crippen LogP contribution in [0.2, 0.25) is 5.02 Å². The Morgan fingerprint density at radius 2 is 2.36 bits per heavy atom. The standard InChI is InChI=1S/C11H15ClN2/c1-3-14-8(2)7-13-10-6-4-5-9(12)11(10)14/h4-6,8,13H,3,7H2,1-2H3. The minimum absolute atomic E-state index is 0.507. The number of anilines is 2. The second kappa shape index (κ2) is 3.70. The molecule has 1 aliphatic heterocycles. The summed E-state index contributed by atoms with van der Waals surface area (Å²) in [7, 11) is 0. The molecule has 76 valence electrons. The average Bonchev–Trinajstić information content (AvgIpc) is 2.19. The molecule has 0 saturated carbocycles. The summed E-state index contributed by atoms with van der Waals surface area (Å²) in [6.45, 7) is 6.36. The smallest absolute Gasteiger partial charge is 0.0794 e. The van der Waals surface area contributed by atoms with E-state index in [-0.39, 0.29) is 0 Å². The van der Waals surface area contributed by atoms with Crippen LogP contribution in [0.4, 0.5) is 11.4 Å². The van der Waals surface area contributed by atoms with Crippen molar-refractivity contribution in [2.75, 3.05) is 23.3 Å². The van der Waals surface area contributed by atoms with E-state index >= 15 is 0 Å². The molecule has 0 aromatic heterocycles. The summed E-state index contributed by atoms with van der Waals surface area (Å²) in [6.07, 6.45) is 0.